The van der Waals surface area contributed by atoms with Gasteiger partial charge in [-0.05, 0) is 45.4 Å². The highest BCUT2D eigenvalue weighted by Gasteiger charge is 2.35. The molecule has 1 fully saturated rings. The Morgan fingerprint density at radius 3 is 2.57 bits per heavy atom. The maximum Gasteiger partial charge on any atom is 0.411 e. The van der Waals surface area contributed by atoms with E-state index >= 15 is 0 Å². The van der Waals surface area contributed by atoms with Gasteiger partial charge in [-0.25, -0.2) is 4.79 Å². The minimum atomic E-state index is -0.781. The van der Waals surface area contributed by atoms with Gasteiger partial charge in [-0.2, -0.15) is 20.3 Å². The van der Waals surface area contributed by atoms with Crippen LogP contribution in [0.2, 0.25) is 0 Å². The maximum atomic E-state index is 12.9. The van der Waals surface area contributed by atoms with Crippen LogP contribution >= 0.6 is 0 Å². The van der Waals surface area contributed by atoms with Crippen LogP contribution in [0.25, 0.3) is 0 Å². The number of hydrogen-bond acceptors (Lipinski definition) is 11. The zero-order valence-corrected chi connectivity index (χ0v) is 24.2. The molecule has 14 heteroatoms. The Morgan fingerprint density at radius 1 is 1.12 bits per heavy atom. The number of morpholine rings is 1. The van der Waals surface area contributed by atoms with Crippen LogP contribution in [-0.2, 0) is 20.7 Å². The van der Waals surface area contributed by atoms with Gasteiger partial charge in [-0.1, -0.05) is 12.1 Å². The lowest BCUT2D eigenvalue weighted by Crippen LogP contribution is -2.57. The number of hydrogen-bond donors (Lipinski definition) is 5. The van der Waals surface area contributed by atoms with E-state index in [1.165, 1.54) is 4.90 Å². The summed E-state index contributed by atoms with van der Waals surface area (Å²) in [6.07, 6.45) is -0.214. The molecule has 1 aliphatic heterocycles. The molecule has 5 N–H and O–H groups in total. The molecule has 1 saturated heterocycles. The second-order valence-corrected chi connectivity index (χ2v) is 10.7. The first-order valence-electron chi connectivity index (χ1n) is 13.6. The second kappa shape index (κ2) is 13.6. The Labute approximate surface area is 244 Å². The molecule has 0 saturated carbocycles. The molecule has 0 radical (unpaired) electrons. The van der Waals surface area contributed by atoms with Gasteiger partial charge in [0, 0.05) is 43.1 Å². The molecule has 1 aliphatic rings. The highest BCUT2D eigenvalue weighted by Crippen LogP contribution is 2.21. The lowest BCUT2D eigenvalue weighted by molar-refractivity contribution is -0.132. The molecule has 3 heterocycles. The summed E-state index contributed by atoms with van der Waals surface area (Å²) in [4.78, 5) is 36.1. The number of aromatic amines is 1. The van der Waals surface area contributed by atoms with Gasteiger partial charge in [0.25, 0.3) is 0 Å². The summed E-state index contributed by atoms with van der Waals surface area (Å²) in [6, 6.07) is 12.4. The summed E-state index contributed by atoms with van der Waals surface area (Å²) < 4.78 is 10.9. The lowest BCUT2D eigenvalue weighted by atomic mass is 10.1. The molecule has 1 aromatic carbocycles. The molecule has 42 heavy (non-hydrogen) atoms. The van der Waals surface area contributed by atoms with Crippen LogP contribution in [-0.4, -0.2) is 81.6 Å². The summed E-state index contributed by atoms with van der Waals surface area (Å²) in [5.74, 6) is 1.61. The predicted octanol–water partition coefficient (Wildman–Crippen LogP) is 3.23. The van der Waals surface area contributed by atoms with Crippen molar-refractivity contribution in [1.29, 1.82) is 5.26 Å². The van der Waals surface area contributed by atoms with Gasteiger partial charge < -0.3 is 30.7 Å². The number of carbonyl (C=O) groups excluding carboxylic acids is 2. The quantitative estimate of drug-likeness (QED) is 0.223. The SMILES string of the molecule is Cc1cc(Nc2cc(NCCNC(=O)[C@@H]3COCCN3C(=O)OC(C)(C)C)nc(Nc3ccc(CC#N)cc3)n2)n[nH]1. The van der Waals surface area contributed by atoms with Crippen molar-refractivity contribution < 1.29 is 19.1 Å². The largest absolute Gasteiger partial charge is 0.444 e. The van der Waals surface area contributed by atoms with Gasteiger partial charge in [0.05, 0.1) is 25.7 Å². The van der Waals surface area contributed by atoms with E-state index in [4.69, 9.17) is 14.7 Å². The smallest absolute Gasteiger partial charge is 0.411 e. The summed E-state index contributed by atoms with van der Waals surface area (Å²) in [5.41, 5.74) is 1.89. The van der Waals surface area contributed by atoms with Crippen LogP contribution in [0.5, 0.6) is 0 Å². The highest BCUT2D eigenvalue weighted by molar-refractivity contribution is 5.86. The molecular formula is C28H36N10O4. The number of aryl methyl sites for hydroxylation is 1. The van der Waals surface area contributed by atoms with Gasteiger partial charge in [0.2, 0.25) is 11.9 Å². The summed E-state index contributed by atoms with van der Waals surface area (Å²) >= 11 is 0. The molecule has 3 aromatic rings. The van der Waals surface area contributed by atoms with E-state index in [0.717, 1.165) is 16.9 Å². The summed E-state index contributed by atoms with van der Waals surface area (Å²) in [5, 5.41) is 28.4. The van der Waals surface area contributed by atoms with Crippen LogP contribution < -0.4 is 21.3 Å². The molecular weight excluding hydrogens is 540 g/mol. The molecule has 0 bridgehead atoms. The third-order valence-corrected chi connectivity index (χ3v) is 5.97. The zero-order chi connectivity index (χ0) is 30.1. The van der Waals surface area contributed by atoms with Crippen molar-refractivity contribution in [2.24, 2.45) is 0 Å². The Balaban J connectivity index is 1.39. The Bertz CT molecular complexity index is 1410. The minimum Gasteiger partial charge on any atom is -0.444 e. The van der Waals surface area contributed by atoms with Crippen molar-refractivity contribution in [2.75, 3.05) is 48.8 Å². The standard InChI is InChI=1S/C28H36N10O4/c1-18-15-24(37-36-18)33-23-16-22(34-26(35-23)32-20-7-5-19(6-8-20)9-10-29)30-11-12-31-25(39)21-17-41-14-13-38(21)27(40)42-28(2,3)4/h5-8,15-16,21H,9,11-14,17H2,1-4H3,(H,31,39)(H4,30,32,33,34,35,36,37)/t21-/m0/s1. The Morgan fingerprint density at radius 2 is 1.88 bits per heavy atom. The van der Waals surface area contributed by atoms with Crippen LogP contribution in [0.15, 0.2) is 36.4 Å². The zero-order valence-electron chi connectivity index (χ0n) is 24.2. The average molecular weight is 577 g/mol. The fourth-order valence-electron chi connectivity index (χ4n) is 4.05. The van der Waals surface area contributed by atoms with Crippen LogP contribution in [0.4, 0.5) is 33.9 Å². The van der Waals surface area contributed by atoms with E-state index in [0.29, 0.717) is 43.0 Å². The number of anilines is 5. The van der Waals surface area contributed by atoms with Crippen molar-refractivity contribution in [3.05, 3.63) is 47.7 Å². The van der Waals surface area contributed by atoms with Gasteiger partial charge >= 0.3 is 6.09 Å². The molecule has 2 amide bonds. The number of aromatic nitrogens is 4. The van der Waals surface area contributed by atoms with E-state index in [-0.39, 0.29) is 25.6 Å². The lowest BCUT2D eigenvalue weighted by Gasteiger charge is -2.35. The van der Waals surface area contributed by atoms with E-state index in [2.05, 4.69) is 47.5 Å². The van der Waals surface area contributed by atoms with E-state index in [9.17, 15) is 9.59 Å². The van der Waals surface area contributed by atoms with E-state index in [1.54, 1.807) is 26.8 Å². The van der Waals surface area contributed by atoms with Crippen molar-refractivity contribution in [3.8, 4) is 6.07 Å². The number of H-pyrrole nitrogens is 1. The van der Waals surface area contributed by atoms with Crippen molar-refractivity contribution in [1.82, 2.24) is 30.4 Å². The third kappa shape index (κ3) is 8.80. The number of nitriles is 1. The number of nitrogens with one attached hydrogen (secondary N) is 5. The monoisotopic (exact) mass is 576 g/mol. The fourth-order valence-corrected chi connectivity index (χ4v) is 4.05. The first-order chi connectivity index (χ1) is 20.1. The molecule has 14 nitrogen and oxygen atoms in total. The van der Waals surface area contributed by atoms with Crippen LogP contribution in [0, 0.1) is 18.3 Å². The van der Waals surface area contributed by atoms with Crippen LogP contribution in [0.1, 0.15) is 32.0 Å². The number of rotatable bonds is 10. The maximum absolute atomic E-state index is 12.9. The Hall–Kier alpha value is -4.90. The molecule has 0 aliphatic carbocycles. The third-order valence-electron chi connectivity index (χ3n) is 5.97. The summed E-state index contributed by atoms with van der Waals surface area (Å²) in [6.45, 7) is 8.57. The number of ether oxygens (including phenoxy) is 2. The topological polar surface area (TPSA) is 182 Å². The average Bonchev–Trinajstić information content (AvgIpc) is 3.35. The first kappa shape index (κ1) is 30.1. The first-order valence-corrected chi connectivity index (χ1v) is 13.6. The van der Waals surface area contributed by atoms with Gasteiger partial charge in [-0.3, -0.25) is 14.8 Å². The van der Waals surface area contributed by atoms with Gasteiger partial charge in [0.15, 0.2) is 5.82 Å². The van der Waals surface area contributed by atoms with Crippen molar-refractivity contribution in [3.63, 3.8) is 0 Å². The van der Waals surface area contributed by atoms with Crippen molar-refractivity contribution >= 4 is 41.1 Å². The van der Waals surface area contributed by atoms with Crippen LogP contribution in [0.3, 0.4) is 0 Å². The summed E-state index contributed by atoms with van der Waals surface area (Å²) in [7, 11) is 0. The minimum absolute atomic E-state index is 0.0959. The normalized spacial score (nSPS) is 14.9. The molecule has 1 atom stereocenters. The molecule has 4 rings (SSSR count). The molecule has 0 spiro atoms. The number of carbonyl (C=O) groups is 2. The number of benzene rings is 1. The Kier molecular flexibility index (Phi) is 9.77. The van der Waals surface area contributed by atoms with Crippen molar-refractivity contribution in [2.45, 2.75) is 45.8 Å². The predicted molar refractivity (Wildman–Crippen MR) is 157 cm³/mol. The molecule has 2 aromatic heterocycles. The molecule has 222 valence electrons. The van der Waals surface area contributed by atoms with E-state index in [1.807, 2.05) is 37.3 Å². The van der Waals surface area contributed by atoms with E-state index < -0.39 is 17.7 Å². The number of nitrogens with zero attached hydrogens (tertiary/aromatic N) is 5. The van der Waals surface area contributed by atoms with Gasteiger partial charge in [-0.15, -0.1) is 0 Å². The van der Waals surface area contributed by atoms with Gasteiger partial charge in [0.1, 0.15) is 23.3 Å². The highest BCUT2D eigenvalue weighted by atomic mass is 16.6. The fraction of sp³-hybridized carbons (Fsp3) is 0.429. The second-order valence-electron chi connectivity index (χ2n) is 10.7. The molecule has 0 unspecified atom stereocenters. The number of amides is 2.